The van der Waals surface area contributed by atoms with Crippen LogP contribution in [0.15, 0.2) is 47.1 Å². The Labute approximate surface area is 145 Å². The third kappa shape index (κ3) is 4.45. The first kappa shape index (κ1) is 17.6. The monoisotopic (exact) mass is 348 g/mol. The Bertz CT molecular complexity index is 686. The number of nitrogens with zero attached hydrogens (tertiary/aromatic N) is 1. The van der Waals surface area contributed by atoms with Crippen molar-refractivity contribution in [1.29, 1.82) is 0 Å². The summed E-state index contributed by atoms with van der Waals surface area (Å²) in [4.78, 5) is 14.7. The molecule has 1 aromatic carbocycles. The van der Waals surface area contributed by atoms with Gasteiger partial charge in [0.05, 0.1) is 26.0 Å². The third-order valence-corrected chi connectivity index (χ3v) is 4.16. The maximum Gasteiger partial charge on any atom is 0.242 e. The first-order valence-electron chi connectivity index (χ1n) is 8.21. The highest BCUT2D eigenvalue weighted by atomic mass is 19.1. The van der Waals surface area contributed by atoms with E-state index >= 15 is 0 Å². The lowest BCUT2D eigenvalue weighted by Crippen LogP contribution is -2.46. The molecule has 0 radical (unpaired) electrons. The van der Waals surface area contributed by atoms with Gasteiger partial charge in [0.1, 0.15) is 23.7 Å². The SMILES string of the molecule is O=C(NC[C@@H](O)c1ccco1)[C@@H](c1cccc(F)c1)N1CCOCC1. The van der Waals surface area contributed by atoms with Gasteiger partial charge in [-0.2, -0.15) is 0 Å². The molecule has 1 amide bonds. The summed E-state index contributed by atoms with van der Waals surface area (Å²) in [6.07, 6.45) is 0.528. The molecule has 1 aromatic heterocycles. The Morgan fingerprint density at radius 1 is 1.28 bits per heavy atom. The van der Waals surface area contributed by atoms with Crippen molar-refractivity contribution < 1.29 is 23.4 Å². The molecule has 0 bridgehead atoms. The van der Waals surface area contributed by atoms with Gasteiger partial charge in [-0.15, -0.1) is 0 Å². The fourth-order valence-corrected chi connectivity index (χ4v) is 2.92. The number of hydrogen-bond acceptors (Lipinski definition) is 5. The highest BCUT2D eigenvalue weighted by molar-refractivity contribution is 5.83. The predicted molar refractivity (Wildman–Crippen MR) is 88.2 cm³/mol. The Kier molecular flexibility index (Phi) is 5.80. The summed E-state index contributed by atoms with van der Waals surface area (Å²) in [5.74, 6) is -0.300. The number of furan rings is 1. The molecule has 134 valence electrons. The van der Waals surface area contributed by atoms with Crippen molar-refractivity contribution in [2.45, 2.75) is 12.1 Å². The molecule has 2 atom stereocenters. The molecule has 1 saturated heterocycles. The maximum atomic E-state index is 13.6. The van der Waals surface area contributed by atoms with Crippen LogP contribution in [0.1, 0.15) is 23.5 Å². The quantitative estimate of drug-likeness (QED) is 0.830. The lowest BCUT2D eigenvalue weighted by molar-refractivity contribution is -0.129. The smallest absolute Gasteiger partial charge is 0.242 e. The van der Waals surface area contributed by atoms with E-state index in [0.29, 0.717) is 37.6 Å². The van der Waals surface area contributed by atoms with Gasteiger partial charge < -0.3 is 19.6 Å². The number of hydrogen-bond donors (Lipinski definition) is 2. The average molecular weight is 348 g/mol. The molecule has 2 aromatic rings. The van der Waals surface area contributed by atoms with Gasteiger partial charge in [-0.25, -0.2) is 4.39 Å². The summed E-state index contributed by atoms with van der Waals surface area (Å²) >= 11 is 0. The molecule has 2 heterocycles. The molecular weight excluding hydrogens is 327 g/mol. The van der Waals surface area contributed by atoms with Crippen molar-refractivity contribution in [3.05, 3.63) is 59.8 Å². The Morgan fingerprint density at radius 3 is 2.76 bits per heavy atom. The zero-order chi connectivity index (χ0) is 17.6. The minimum atomic E-state index is -0.934. The largest absolute Gasteiger partial charge is 0.467 e. The summed E-state index contributed by atoms with van der Waals surface area (Å²) in [6, 6.07) is 8.70. The molecule has 6 nitrogen and oxygen atoms in total. The minimum Gasteiger partial charge on any atom is -0.467 e. The Balaban J connectivity index is 1.72. The summed E-state index contributed by atoms with van der Waals surface area (Å²) in [5.41, 5.74) is 0.576. The second-order valence-corrected chi connectivity index (χ2v) is 5.88. The summed E-state index contributed by atoms with van der Waals surface area (Å²) in [5, 5.41) is 12.8. The first-order chi connectivity index (χ1) is 12.1. The number of halogens is 1. The second kappa shape index (κ2) is 8.24. The topological polar surface area (TPSA) is 74.9 Å². The number of carbonyl (C=O) groups excluding carboxylic acids is 1. The number of ether oxygens (including phenoxy) is 1. The van der Waals surface area contributed by atoms with Gasteiger partial charge in [0.15, 0.2) is 0 Å². The molecule has 3 rings (SSSR count). The van der Waals surface area contributed by atoms with Gasteiger partial charge in [0.25, 0.3) is 0 Å². The fraction of sp³-hybridized carbons (Fsp3) is 0.389. The standard InChI is InChI=1S/C18H21FN2O4/c19-14-4-1-3-13(11-14)17(21-6-9-24-10-7-21)18(23)20-12-15(22)16-5-2-8-25-16/h1-5,8,11,15,17,22H,6-7,9-10,12H2,(H,20,23)/t15-,17-/m1/s1. The van der Waals surface area contributed by atoms with Crippen molar-refractivity contribution in [2.24, 2.45) is 0 Å². The van der Waals surface area contributed by atoms with Crippen LogP contribution < -0.4 is 5.32 Å². The van der Waals surface area contributed by atoms with Crippen molar-refractivity contribution in [2.75, 3.05) is 32.8 Å². The zero-order valence-electron chi connectivity index (χ0n) is 13.7. The summed E-state index contributed by atoms with van der Waals surface area (Å²) in [6.45, 7) is 2.22. The Morgan fingerprint density at radius 2 is 2.08 bits per heavy atom. The number of carbonyl (C=O) groups is 1. The Hall–Kier alpha value is -2.22. The summed E-state index contributed by atoms with van der Waals surface area (Å²) < 4.78 is 24.1. The van der Waals surface area contributed by atoms with E-state index in [9.17, 15) is 14.3 Å². The van der Waals surface area contributed by atoms with Crippen LogP contribution in [0.3, 0.4) is 0 Å². The van der Waals surface area contributed by atoms with E-state index in [1.54, 1.807) is 24.3 Å². The lowest BCUT2D eigenvalue weighted by atomic mass is 10.0. The van der Waals surface area contributed by atoms with Gasteiger partial charge in [0.2, 0.25) is 5.91 Å². The minimum absolute atomic E-state index is 0.0164. The first-order valence-corrected chi connectivity index (χ1v) is 8.21. The van der Waals surface area contributed by atoms with Crippen LogP contribution in [0.4, 0.5) is 4.39 Å². The predicted octanol–water partition coefficient (Wildman–Crippen LogP) is 1.64. The average Bonchev–Trinajstić information content (AvgIpc) is 3.16. The summed E-state index contributed by atoms with van der Waals surface area (Å²) in [7, 11) is 0. The number of morpholine rings is 1. The number of nitrogens with one attached hydrogen (secondary N) is 1. The van der Waals surface area contributed by atoms with E-state index in [4.69, 9.17) is 9.15 Å². The van der Waals surface area contributed by atoms with Crippen LogP contribution in [-0.4, -0.2) is 48.8 Å². The molecule has 0 spiro atoms. The van der Waals surface area contributed by atoms with Gasteiger partial charge in [-0.3, -0.25) is 9.69 Å². The molecule has 0 unspecified atom stereocenters. The van der Waals surface area contributed by atoms with Crippen LogP contribution in [-0.2, 0) is 9.53 Å². The number of amides is 1. The highest BCUT2D eigenvalue weighted by Crippen LogP contribution is 2.23. The maximum absolute atomic E-state index is 13.6. The molecule has 25 heavy (non-hydrogen) atoms. The number of rotatable bonds is 6. The number of aliphatic hydroxyl groups excluding tert-OH is 1. The van der Waals surface area contributed by atoms with Crippen LogP contribution in [0, 0.1) is 5.82 Å². The van der Waals surface area contributed by atoms with E-state index in [1.807, 2.05) is 4.90 Å². The molecule has 1 aliphatic heterocycles. The van der Waals surface area contributed by atoms with E-state index in [2.05, 4.69) is 5.32 Å². The van der Waals surface area contributed by atoms with Crippen LogP contribution in [0.25, 0.3) is 0 Å². The second-order valence-electron chi connectivity index (χ2n) is 5.88. The van der Waals surface area contributed by atoms with Crippen LogP contribution in [0.5, 0.6) is 0 Å². The fourth-order valence-electron chi connectivity index (χ4n) is 2.92. The van der Waals surface area contributed by atoms with Crippen LogP contribution in [0.2, 0.25) is 0 Å². The van der Waals surface area contributed by atoms with Crippen molar-refractivity contribution in [3.8, 4) is 0 Å². The van der Waals surface area contributed by atoms with E-state index in [0.717, 1.165) is 0 Å². The van der Waals surface area contributed by atoms with Crippen LogP contribution >= 0.6 is 0 Å². The molecule has 1 aliphatic rings. The number of benzene rings is 1. The highest BCUT2D eigenvalue weighted by Gasteiger charge is 2.29. The van der Waals surface area contributed by atoms with Gasteiger partial charge in [-0.1, -0.05) is 12.1 Å². The van der Waals surface area contributed by atoms with E-state index in [-0.39, 0.29) is 18.3 Å². The molecule has 2 N–H and O–H groups in total. The van der Waals surface area contributed by atoms with E-state index in [1.165, 1.54) is 18.4 Å². The normalized spacial score (nSPS) is 17.8. The van der Waals surface area contributed by atoms with Crippen molar-refractivity contribution in [1.82, 2.24) is 10.2 Å². The van der Waals surface area contributed by atoms with Gasteiger partial charge >= 0.3 is 0 Å². The molecule has 7 heteroatoms. The van der Waals surface area contributed by atoms with Crippen molar-refractivity contribution >= 4 is 5.91 Å². The number of aliphatic hydroxyl groups is 1. The third-order valence-electron chi connectivity index (χ3n) is 4.16. The lowest BCUT2D eigenvalue weighted by Gasteiger charge is -2.34. The van der Waals surface area contributed by atoms with Gasteiger partial charge in [0, 0.05) is 13.1 Å². The van der Waals surface area contributed by atoms with Gasteiger partial charge in [-0.05, 0) is 29.8 Å². The van der Waals surface area contributed by atoms with E-state index < -0.39 is 12.1 Å². The molecule has 0 aliphatic carbocycles. The molecule has 1 fully saturated rings. The zero-order valence-corrected chi connectivity index (χ0v) is 13.7. The molecular formula is C18H21FN2O4. The van der Waals surface area contributed by atoms with Crippen molar-refractivity contribution in [3.63, 3.8) is 0 Å². The molecule has 0 saturated carbocycles.